The molecule has 0 aliphatic carbocycles. The summed E-state index contributed by atoms with van der Waals surface area (Å²) in [5.74, 6) is 1.22. The van der Waals surface area contributed by atoms with Gasteiger partial charge in [-0.3, -0.25) is 4.79 Å². The summed E-state index contributed by atoms with van der Waals surface area (Å²) >= 11 is 21.1. The molecule has 0 bridgehead atoms. The Morgan fingerprint density at radius 3 is 2.55 bits per heavy atom. The van der Waals surface area contributed by atoms with E-state index in [0.29, 0.717) is 38.4 Å². The number of benzene rings is 1. The average molecular weight is 490 g/mol. The first-order valence-electron chi connectivity index (χ1n) is 8.89. The summed E-state index contributed by atoms with van der Waals surface area (Å²) in [6.07, 6.45) is 0. The van der Waals surface area contributed by atoms with Gasteiger partial charge in [0.05, 0.1) is 26.5 Å². The Labute approximate surface area is 192 Å². The van der Waals surface area contributed by atoms with E-state index in [0.717, 1.165) is 11.4 Å². The molecule has 0 radical (unpaired) electrons. The summed E-state index contributed by atoms with van der Waals surface area (Å²) in [5, 5.41) is 15.1. The number of rotatable bonds is 7. The molecule has 0 spiro atoms. The predicted molar refractivity (Wildman–Crippen MR) is 124 cm³/mol. The summed E-state index contributed by atoms with van der Waals surface area (Å²) in [6, 6.07) is 5.18. The third-order valence-corrected chi connectivity index (χ3v) is 7.33. The number of carbonyl (C=O) groups excluding carboxylic acids is 1. The molecule has 0 aliphatic rings. The first-order valence-corrected chi connectivity index (χ1v) is 11.9. The molecule has 0 saturated heterocycles. The normalized spacial score (nSPS) is 11.3. The van der Waals surface area contributed by atoms with Gasteiger partial charge in [-0.2, -0.15) is 0 Å². The van der Waals surface area contributed by atoms with E-state index in [1.807, 2.05) is 11.5 Å². The molecule has 1 N–H and O–H groups in total. The number of nitrogens with zero attached hydrogens (tertiary/aromatic N) is 3. The van der Waals surface area contributed by atoms with Crippen molar-refractivity contribution in [2.45, 2.75) is 38.4 Å². The van der Waals surface area contributed by atoms with Gasteiger partial charge in [0.1, 0.15) is 0 Å². The van der Waals surface area contributed by atoms with Crippen LogP contribution in [0.2, 0.25) is 15.1 Å². The molecule has 10 heteroatoms. The maximum atomic E-state index is 12.4. The topological polar surface area (TPSA) is 59.8 Å². The fourth-order valence-corrected chi connectivity index (χ4v) is 4.90. The number of amides is 1. The van der Waals surface area contributed by atoms with Gasteiger partial charge in [-0.05, 0) is 31.0 Å². The third kappa shape index (κ3) is 5.27. The van der Waals surface area contributed by atoms with Crippen molar-refractivity contribution < 1.29 is 4.79 Å². The molecule has 1 amide bonds. The van der Waals surface area contributed by atoms with Gasteiger partial charge in [-0.15, -0.1) is 21.5 Å². The molecule has 29 heavy (non-hydrogen) atoms. The summed E-state index contributed by atoms with van der Waals surface area (Å²) < 4.78 is 2.01. The largest absolute Gasteiger partial charge is 0.324 e. The van der Waals surface area contributed by atoms with Gasteiger partial charge in [0.2, 0.25) is 5.91 Å². The van der Waals surface area contributed by atoms with Gasteiger partial charge in [0.15, 0.2) is 11.0 Å². The van der Waals surface area contributed by atoms with Crippen LogP contribution in [0.15, 0.2) is 28.7 Å². The van der Waals surface area contributed by atoms with E-state index in [9.17, 15) is 4.79 Å². The molecule has 154 valence electrons. The maximum absolute atomic E-state index is 12.4. The van der Waals surface area contributed by atoms with Crippen molar-refractivity contribution in [3.63, 3.8) is 0 Å². The zero-order chi connectivity index (χ0) is 21.1. The lowest BCUT2D eigenvalue weighted by atomic mass is 10.1. The lowest BCUT2D eigenvalue weighted by Gasteiger charge is -2.09. The molecule has 2 aromatic heterocycles. The number of carbonyl (C=O) groups is 1. The molecule has 0 saturated carbocycles. The van der Waals surface area contributed by atoms with Crippen LogP contribution in [0, 0.1) is 0 Å². The van der Waals surface area contributed by atoms with Crippen molar-refractivity contribution >= 4 is 69.5 Å². The van der Waals surface area contributed by atoms with E-state index in [4.69, 9.17) is 34.8 Å². The highest BCUT2D eigenvalue weighted by molar-refractivity contribution is 7.99. The van der Waals surface area contributed by atoms with Crippen molar-refractivity contribution in [2.75, 3.05) is 11.1 Å². The van der Waals surface area contributed by atoms with E-state index in [-0.39, 0.29) is 11.7 Å². The van der Waals surface area contributed by atoms with Crippen LogP contribution in [0.3, 0.4) is 0 Å². The number of thioether (sulfide) groups is 1. The molecule has 3 aromatic rings. The van der Waals surface area contributed by atoms with Crippen LogP contribution < -0.4 is 5.32 Å². The Morgan fingerprint density at radius 2 is 1.90 bits per heavy atom. The van der Waals surface area contributed by atoms with E-state index in [1.165, 1.54) is 28.8 Å². The minimum atomic E-state index is -0.222. The maximum Gasteiger partial charge on any atom is 0.234 e. The number of halogens is 3. The van der Waals surface area contributed by atoms with Crippen molar-refractivity contribution in [3.8, 4) is 11.4 Å². The molecular formula is C19H19Cl3N4OS2. The Hall–Kier alpha value is -1.25. The monoisotopic (exact) mass is 488 g/mol. The molecule has 0 unspecified atom stereocenters. The molecule has 1 aromatic carbocycles. The highest BCUT2D eigenvalue weighted by Crippen LogP contribution is 2.33. The second-order valence-corrected chi connectivity index (χ2v) is 9.63. The first kappa shape index (κ1) is 22.4. The van der Waals surface area contributed by atoms with Crippen LogP contribution in [0.4, 0.5) is 5.69 Å². The van der Waals surface area contributed by atoms with Gasteiger partial charge in [-0.1, -0.05) is 60.4 Å². The summed E-state index contributed by atoms with van der Waals surface area (Å²) in [4.78, 5) is 13.7. The molecule has 0 fully saturated rings. The first-order chi connectivity index (χ1) is 13.8. The van der Waals surface area contributed by atoms with E-state index >= 15 is 0 Å². The molecule has 3 rings (SSSR count). The standard InChI is InChI=1S/C19H19Cl3N4OS2/c1-4-26-18(11-5-16(10(2)3)28-8-11)24-25-19(26)29-9-17(27)23-15-7-13(21)12(20)6-14(15)22/h5-8,10H,4,9H2,1-3H3,(H,23,27). The smallest absolute Gasteiger partial charge is 0.234 e. The minimum absolute atomic E-state index is 0.162. The molecule has 0 aliphatic heterocycles. The van der Waals surface area contributed by atoms with Gasteiger partial charge >= 0.3 is 0 Å². The van der Waals surface area contributed by atoms with Gasteiger partial charge in [0.25, 0.3) is 0 Å². The van der Waals surface area contributed by atoms with Crippen LogP contribution in [0.25, 0.3) is 11.4 Å². The van der Waals surface area contributed by atoms with E-state index in [1.54, 1.807) is 11.3 Å². The SMILES string of the molecule is CCn1c(SCC(=O)Nc2cc(Cl)c(Cl)cc2Cl)nnc1-c1csc(C(C)C)c1. The minimum Gasteiger partial charge on any atom is -0.324 e. The van der Waals surface area contributed by atoms with Gasteiger partial charge < -0.3 is 9.88 Å². The van der Waals surface area contributed by atoms with Crippen LogP contribution in [0.1, 0.15) is 31.6 Å². The Kier molecular flexibility index (Phi) is 7.51. The predicted octanol–water partition coefficient (Wildman–Crippen LogP) is 6.84. The summed E-state index contributed by atoms with van der Waals surface area (Å²) in [7, 11) is 0. The number of anilines is 1. The quantitative estimate of drug-likeness (QED) is 0.291. The van der Waals surface area contributed by atoms with Crippen molar-refractivity contribution in [1.82, 2.24) is 14.8 Å². The van der Waals surface area contributed by atoms with Crippen molar-refractivity contribution in [2.24, 2.45) is 0 Å². The number of hydrogen-bond acceptors (Lipinski definition) is 5. The Bertz CT molecular complexity index is 1030. The van der Waals surface area contributed by atoms with Crippen molar-refractivity contribution in [1.29, 1.82) is 0 Å². The van der Waals surface area contributed by atoms with Crippen LogP contribution in [0.5, 0.6) is 0 Å². The lowest BCUT2D eigenvalue weighted by molar-refractivity contribution is -0.113. The number of aromatic nitrogens is 3. The number of hydrogen-bond donors (Lipinski definition) is 1. The fourth-order valence-electron chi connectivity index (χ4n) is 2.60. The zero-order valence-corrected chi connectivity index (χ0v) is 19.9. The highest BCUT2D eigenvalue weighted by atomic mass is 35.5. The second kappa shape index (κ2) is 9.71. The van der Waals surface area contributed by atoms with Crippen LogP contribution in [-0.2, 0) is 11.3 Å². The summed E-state index contributed by atoms with van der Waals surface area (Å²) in [6.45, 7) is 7.07. The highest BCUT2D eigenvalue weighted by Gasteiger charge is 2.17. The van der Waals surface area contributed by atoms with E-state index < -0.39 is 0 Å². The lowest BCUT2D eigenvalue weighted by Crippen LogP contribution is -2.15. The Morgan fingerprint density at radius 1 is 1.17 bits per heavy atom. The number of nitrogens with one attached hydrogen (secondary N) is 1. The Balaban J connectivity index is 1.70. The van der Waals surface area contributed by atoms with Crippen LogP contribution >= 0.6 is 57.9 Å². The average Bonchev–Trinajstić information content (AvgIpc) is 3.30. The third-order valence-electron chi connectivity index (χ3n) is 4.10. The van der Waals surface area contributed by atoms with Gasteiger partial charge in [0, 0.05) is 22.4 Å². The molecule has 0 atom stereocenters. The second-order valence-electron chi connectivity index (χ2n) is 6.53. The summed E-state index contributed by atoms with van der Waals surface area (Å²) in [5.41, 5.74) is 1.47. The van der Waals surface area contributed by atoms with Gasteiger partial charge in [-0.25, -0.2) is 0 Å². The van der Waals surface area contributed by atoms with Crippen LogP contribution in [-0.4, -0.2) is 26.4 Å². The molecular weight excluding hydrogens is 471 g/mol. The fraction of sp³-hybridized carbons (Fsp3) is 0.316. The zero-order valence-electron chi connectivity index (χ0n) is 16.0. The number of thiophene rings is 1. The molecule has 2 heterocycles. The molecule has 5 nitrogen and oxygen atoms in total. The van der Waals surface area contributed by atoms with E-state index in [2.05, 4.69) is 40.8 Å². The van der Waals surface area contributed by atoms with Crippen molar-refractivity contribution in [3.05, 3.63) is 43.5 Å².